The van der Waals surface area contributed by atoms with Crippen LogP contribution in [0.2, 0.25) is 0 Å². The molecule has 3 rings (SSSR count). The van der Waals surface area contributed by atoms with E-state index in [1.807, 2.05) is 0 Å². The lowest BCUT2D eigenvalue weighted by Crippen LogP contribution is -2.60. The van der Waals surface area contributed by atoms with Crippen LogP contribution in [0.3, 0.4) is 0 Å². The average Bonchev–Trinajstić information content (AvgIpc) is 3.17. The van der Waals surface area contributed by atoms with Crippen molar-refractivity contribution in [2.45, 2.75) is 49.0 Å². The summed E-state index contributed by atoms with van der Waals surface area (Å²) in [5.41, 5.74) is 11.4. The van der Waals surface area contributed by atoms with Gasteiger partial charge in [0.25, 0.3) is 0 Å². The summed E-state index contributed by atoms with van der Waals surface area (Å²) in [6.07, 6.45) is 0. The Kier molecular flexibility index (Phi) is 8.43. The van der Waals surface area contributed by atoms with Crippen LogP contribution in [-0.2, 0) is 24.0 Å². The minimum absolute atomic E-state index is 0.0382. The second-order valence-electron chi connectivity index (χ2n) is 9.17. The number of nitrogens with two attached hydrogens (primary N) is 2. The quantitative estimate of drug-likeness (QED) is 0.246. The highest BCUT2D eigenvalue weighted by Crippen LogP contribution is 2.39. The zero-order valence-corrected chi connectivity index (χ0v) is 21.5. The molecule has 13 nitrogen and oxygen atoms in total. The van der Waals surface area contributed by atoms with Crippen LogP contribution in [0.1, 0.15) is 32.4 Å². The van der Waals surface area contributed by atoms with Gasteiger partial charge >= 0.3 is 17.8 Å². The van der Waals surface area contributed by atoms with Crippen LogP contribution in [0.5, 0.6) is 0 Å². The first-order valence-electron chi connectivity index (χ1n) is 11.7. The zero-order chi connectivity index (χ0) is 27.5. The maximum atomic E-state index is 13.4. The third-order valence-electron chi connectivity index (χ3n) is 6.25. The SMILES string of the molecule is CCN1CCN(C(=O)NC(C(=O)NC(C(N)=O)C2NC(C(N)=O)C(C)(C)S2)c2ccccc2)C(=O)C1=O. The molecule has 0 saturated carbocycles. The lowest BCUT2D eigenvalue weighted by molar-refractivity contribution is -0.153. The summed E-state index contributed by atoms with van der Waals surface area (Å²) in [5, 5.41) is 7.23. The minimum Gasteiger partial charge on any atom is -0.368 e. The number of hydrogen-bond donors (Lipinski definition) is 5. The molecule has 7 amide bonds. The molecule has 0 aliphatic carbocycles. The molecule has 0 bridgehead atoms. The van der Waals surface area contributed by atoms with Crippen molar-refractivity contribution < 1.29 is 28.8 Å². The average molecular weight is 534 g/mol. The number of piperazine rings is 1. The van der Waals surface area contributed by atoms with Gasteiger partial charge in [-0.05, 0) is 26.3 Å². The van der Waals surface area contributed by atoms with Crippen LogP contribution in [0.4, 0.5) is 4.79 Å². The molecule has 1 aromatic rings. The van der Waals surface area contributed by atoms with E-state index in [1.54, 1.807) is 51.1 Å². The number of rotatable bonds is 8. The Labute approximate surface area is 218 Å². The molecular formula is C23H31N7O6S. The van der Waals surface area contributed by atoms with Crippen molar-refractivity contribution in [3.63, 3.8) is 0 Å². The predicted octanol–water partition coefficient (Wildman–Crippen LogP) is -1.61. The number of amides is 7. The molecule has 2 aliphatic rings. The summed E-state index contributed by atoms with van der Waals surface area (Å²) >= 11 is 1.22. The summed E-state index contributed by atoms with van der Waals surface area (Å²) in [5.74, 6) is -4.08. The van der Waals surface area contributed by atoms with E-state index in [-0.39, 0.29) is 13.1 Å². The van der Waals surface area contributed by atoms with E-state index in [0.29, 0.717) is 12.1 Å². The van der Waals surface area contributed by atoms with Crippen LogP contribution in [-0.4, -0.2) is 87.2 Å². The number of thioether (sulfide) groups is 1. The number of hydrogen-bond acceptors (Lipinski definition) is 8. The number of nitrogens with zero attached hydrogens (tertiary/aromatic N) is 2. The van der Waals surface area contributed by atoms with Gasteiger partial charge in [-0.1, -0.05) is 30.3 Å². The Morgan fingerprint density at radius 1 is 1.08 bits per heavy atom. The van der Waals surface area contributed by atoms with E-state index in [2.05, 4.69) is 16.0 Å². The largest absolute Gasteiger partial charge is 0.368 e. The lowest BCUT2D eigenvalue weighted by Gasteiger charge is -2.33. The first-order chi connectivity index (χ1) is 17.4. The summed E-state index contributed by atoms with van der Waals surface area (Å²) in [6.45, 7) is 5.71. The Balaban J connectivity index is 1.82. The number of likely N-dealkylation sites (N-methyl/N-ethyl adjacent to an activating group) is 1. The summed E-state index contributed by atoms with van der Waals surface area (Å²) < 4.78 is -0.685. The molecule has 200 valence electrons. The van der Waals surface area contributed by atoms with E-state index < -0.39 is 63.8 Å². The van der Waals surface area contributed by atoms with Gasteiger partial charge in [-0.3, -0.25) is 34.2 Å². The molecule has 4 atom stereocenters. The van der Waals surface area contributed by atoms with Gasteiger partial charge < -0.3 is 27.0 Å². The first kappa shape index (κ1) is 27.9. The second-order valence-corrected chi connectivity index (χ2v) is 11.0. The molecule has 7 N–H and O–H groups in total. The molecule has 2 fully saturated rings. The van der Waals surface area contributed by atoms with Crippen molar-refractivity contribution in [1.82, 2.24) is 25.8 Å². The fourth-order valence-corrected chi connectivity index (χ4v) is 5.75. The summed E-state index contributed by atoms with van der Waals surface area (Å²) in [6, 6.07) is 3.88. The summed E-state index contributed by atoms with van der Waals surface area (Å²) in [4.78, 5) is 77.4. The normalized spacial score (nSPS) is 22.8. The van der Waals surface area contributed by atoms with Crippen LogP contribution >= 0.6 is 11.8 Å². The van der Waals surface area contributed by atoms with Gasteiger partial charge in [0, 0.05) is 24.4 Å². The van der Waals surface area contributed by atoms with E-state index in [9.17, 15) is 28.8 Å². The highest BCUT2D eigenvalue weighted by atomic mass is 32.2. The van der Waals surface area contributed by atoms with Crippen molar-refractivity contribution in [2.75, 3.05) is 19.6 Å². The lowest BCUT2D eigenvalue weighted by atomic mass is 10.0. The maximum Gasteiger partial charge on any atom is 0.325 e. The van der Waals surface area contributed by atoms with Crippen LogP contribution in [0.15, 0.2) is 30.3 Å². The number of nitrogens with one attached hydrogen (secondary N) is 3. The van der Waals surface area contributed by atoms with Crippen molar-refractivity contribution in [3.05, 3.63) is 35.9 Å². The molecule has 2 aliphatic heterocycles. The van der Waals surface area contributed by atoms with E-state index >= 15 is 0 Å². The molecule has 0 radical (unpaired) electrons. The second kappa shape index (κ2) is 11.2. The van der Waals surface area contributed by atoms with Crippen LogP contribution < -0.4 is 27.4 Å². The smallest absolute Gasteiger partial charge is 0.325 e. The Morgan fingerprint density at radius 3 is 2.27 bits per heavy atom. The van der Waals surface area contributed by atoms with E-state index in [0.717, 1.165) is 4.90 Å². The Bertz CT molecular complexity index is 1100. The van der Waals surface area contributed by atoms with Crippen LogP contribution in [0, 0.1) is 0 Å². The minimum atomic E-state index is -1.32. The van der Waals surface area contributed by atoms with Crippen molar-refractivity contribution in [2.24, 2.45) is 11.5 Å². The molecule has 2 saturated heterocycles. The predicted molar refractivity (Wildman–Crippen MR) is 134 cm³/mol. The molecule has 2 heterocycles. The molecule has 0 spiro atoms. The number of carbonyl (C=O) groups is 6. The molecule has 4 unspecified atom stereocenters. The third-order valence-corrected chi connectivity index (χ3v) is 7.75. The number of imide groups is 1. The Morgan fingerprint density at radius 2 is 1.73 bits per heavy atom. The monoisotopic (exact) mass is 533 g/mol. The zero-order valence-electron chi connectivity index (χ0n) is 20.7. The van der Waals surface area contributed by atoms with E-state index in [4.69, 9.17) is 11.5 Å². The highest BCUT2D eigenvalue weighted by molar-refractivity contribution is 8.01. The van der Waals surface area contributed by atoms with Gasteiger partial charge in [-0.25, -0.2) is 4.79 Å². The van der Waals surface area contributed by atoms with Gasteiger partial charge in [0.05, 0.1) is 5.37 Å². The van der Waals surface area contributed by atoms with Gasteiger partial charge in [0.15, 0.2) is 0 Å². The standard InChI is InChI=1S/C23H31N7O6S/c1-4-29-10-11-30(21(35)20(29)34)22(36)27-13(12-8-6-5-7-9-12)18(33)26-14(16(24)31)19-28-15(17(25)32)23(2,3)37-19/h5-9,13-15,19,28H,4,10-11H2,1-3H3,(H2,24,31)(H2,25,32)(H,26,33)(H,27,36). The van der Waals surface area contributed by atoms with Gasteiger partial charge in [-0.15, -0.1) is 11.8 Å². The van der Waals surface area contributed by atoms with Gasteiger partial charge in [-0.2, -0.15) is 0 Å². The van der Waals surface area contributed by atoms with Crippen molar-refractivity contribution in [3.8, 4) is 0 Å². The number of benzene rings is 1. The van der Waals surface area contributed by atoms with Crippen LogP contribution in [0.25, 0.3) is 0 Å². The third kappa shape index (κ3) is 6.02. The fraction of sp³-hybridized carbons (Fsp3) is 0.478. The number of urea groups is 1. The molecule has 37 heavy (non-hydrogen) atoms. The molecule has 1 aromatic carbocycles. The highest BCUT2D eigenvalue weighted by Gasteiger charge is 2.48. The van der Waals surface area contributed by atoms with Gasteiger partial charge in [0.1, 0.15) is 18.1 Å². The topological polar surface area (TPSA) is 197 Å². The summed E-state index contributed by atoms with van der Waals surface area (Å²) in [7, 11) is 0. The molecule has 0 aromatic heterocycles. The molecule has 14 heteroatoms. The first-order valence-corrected chi connectivity index (χ1v) is 12.5. The van der Waals surface area contributed by atoms with E-state index in [1.165, 1.54) is 16.7 Å². The molecular weight excluding hydrogens is 502 g/mol. The van der Waals surface area contributed by atoms with Crippen molar-refractivity contribution >= 4 is 47.3 Å². The fourth-order valence-electron chi connectivity index (χ4n) is 4.23. The maximum absolute atomic E-state index is 13.4. The number of carbonyl (C=O) groups excluding carboxylic acids is 6. The number of primary amides is 2. The Hall–Kier alpha value is -3.65. The van der Waals surface area contributed by atoms with Crippen molar-refractivity contribution in [1.29, 1.82) is 0 Å². The van der Waals surface area contributed by atoms with Gasteiger partial charge in [0.2, 0.25) is 17.7 Å².